The molecule has 0 aliphatic heterocycles. The molecule has 5 nitrogen and oxygen atoms in total. The van der Waals surface area contributed by atoms with Crippen molar-refractivity contribution in [1.29, 1.82) is 0 Å². The topological polar surface area (TPSA) is 74.2 Å². The summed E-state index contributed by atoms with van der Waals surface area (Å²) >= 11 is 0. The summed E-state index contributed by atoms with van der Waals surface area (Å²) in [4.78, 5) is 4.12. The highest BCUT2D eigenvalue weighted by molar-refractivity contribution is 5.31. The maximum absolute atomic E-state index is 6.05. The minimum Gasteiger partial charge on any atom is -0.494 e. The maximum atomic E-state index is 6.05. The predicted octanol–water partition coefficient (Wildman–Crippen LogP) is 2.21. The molecule has 0 bridgehead atoms. The molecule has 0 saturated carbocycles. The summed E-state index contributed by atoms with van der Waals surface area (Å²) in [7, 11) is 0. The van der Waals surface area contributed by atoms with Crippen LogP contribution in [-0.4, -0.2) is 16.7 Å². The van der Waals surface area contributed by atoms with Gasteiger partial charge in [0.25, 0.3) is 0 Å². The second kappa shape index (κ2) is 5.64. The molecular formula is C13H17N3O2. The van der Waals surface area contributed by atoms with E-state index in [1.165, 1.54) is 0 Å². The van der Waals surface area contributed by atoms with Crippen LogP contribution in [0.3, 0.4) is 0 Å². The second-order valence-electron chi connectivity index (χ2n) is 4.07. The quantitative estimate of drug-likeness (QED) is 0.876. The van der Waals surface area contributed by atoms with Crippen LogP contribution in [0.1, 0.15) is 36.7 Å². The Bertz CT molecular complexity index is 493. The molecule has 5 heteroatoms. The standard InChI is InChI=1S/C13H17N3O2/c1-3-8-17-11-6-4-10(5-7-11)12(14)13-15-9(2)18-16-13/h4-7,12H,3,8,14H2,1-2H3. The van der Waals surface area contributed by atoms with Gasteiger partial charge in [0.1, 0.15) is 5.75 Å². The molecule has 0 saturated heterocycles. The van der Waals surface area contributed by atoms with Crippen molar-refractivity contribution in [3.05, 3.63) is 41.5 Å². The summed E-state index contributed by atoms with van der Waals surface area (Å²) in [5.41, 5.74) is 6.98. The Morgan fingerprint density at radius 1 is 1.33 bits per heavy atom. The average Bonchev–Trinajstić information content (AvgIpc) is 2.83. The molecule has 1 atom stereocenters. The van der Waals surface area contributed by atoms with Gasteiger partial charge in [0.05, 0.1) is 12.6 Å². The smallest absolute Gasteiger partial charge is 0.223 e. The van der Waals surface area contributed by atoms with Gasteiger partial charge in [-0.3, -0.25) is 0 Å². The number of nitrogens with two attached hydrogens (primary N) is 1. The molecule has 0 radical (unpaired) electrons. The van der Waals surface area contributed by atoms with Gasteiger partial charge in [0, 0.05) is 6.92 Å². The molecule has 0 amide bonds. The zero-order chi connectivity index (χ0) is 13.0. The van der Waals surface area contributed by atoms with E-state index in [2.05, 4.69) is 17.1 Å². The molecular weight excluding hydrogens is 230 g/mol. The van der Waals surface area contributed by atoms with E-state index in [1.807, 2.05) is 24.3 Å². The Kier molecular flexibility index (Phi) is 3.94. The molecule has 0 spiro atoms. The van der Waals surface area contributed by atoms with Crippen LogP contribution in [0.5, 0.6) is 5.75 Å². The van der Waals surface area contributed by atoms with Crippen molar-refractivity contribution in [2.24, 2.45) is 5.73 Å². The molecule has 0 aliphatic carbocycles. The highest BCUT2D eigenvalue weighted by Gasteiger charge is 2.14. The molecule has 1 aromatic carbocycles. The lowest BCUT2D eigenvalue weighted by atomic mass is 10.1. The summed E-state index contributed by atoms with van der Waals surface area (Å²) in [5, 5.41) is 3.82. The Labute approximate surface area is 106 Å². The molecule has 1 aromatic heterocycles. The van der Waals surface area contributed by atoms with Crippen LogP contribution in [0, 0.1) is 6.92 Å². The van der Waals surface area contributed by atoms with Crippen LogP contribution in [0.2, 0.25) is 0 Å². The second-order valence-corrected chi connectivity index (χ2v) is 4.07. The van der Waals surface area contributed by atoms with Crippen molar-refractivity contribution in [2.45, 2.75) is 26.3 Å². The van der Waals surface area contributed by atoms with E-state index in [0.717, 1.165) is 24.3 Å². The van der Waals surface area contributed by atoms with Gasteiger partial charge in [-0.05, 0) is 24.1 Å². The first-order valence-electron chi connectivity index (χ1n) is 5.99. The minimum atomic E-state index is -0.373. The first-order chi connectivity index (χ1) is 8.70. The largest absolute Gasteiger partial charge is 0.494 e. The number of ether oxygens (including phenoxy) is 1. The minimum absolute atomic E-state index is 0.373. The van der Waals surface area contributed by atoms with Gasteiger partial charge in [0.15, 0.2) is 5.82 Å². The molecule has 0 fully saturated rings. The predicted molar refractivity (Wildman–Crippen MR) is 67.3 cm³/mol. The Morgan fingerprint density at radius 3 is 2.61 bits per heavy atom. The lowest BCUT2D eigenvalue weighted by molar-refractivity contribution is 0.317. The SMILES string of the molecule is CCCOc1ccc(C(N)c2noc(C)n2)cc1. The van der Waals surface area contributed by atoms with Gasteiger partial charge in [-0.25, -0.2) is 0 Å². The van der Waals surface area contributed by atoms with Crippen LogP contribution in [0.25, 0.3) is 0 Å². The molecule has 2 N–H and O–H groups in total. The van der Waals surface area contributed by atoms with E-state index < -0.39 is 0 Å². The monoisotopic (exact) mass is 247 g/mol. The maximum Gasteiger partial charge on any atom is 0.223 e. The van der Waals surface area contributed by atoms with Gasteiger partial charge in [-0.1, -0.05) is 24.2 Å². The van der Waals surface area contributed by atoms with E-state index in [9.17, 15) is 0 Å². The van der Waals surface area contributed by atoms with Crippen LogP contribution < -0.4 is 10.5 Å². The van der Waals surface area contributed by atoms with Crippen LogP contribution >= 0.6 is 0 Å². The van der Waals surface area contributed by atoms with Crippen molar-refractivity contribution < 1.29 is 9.26 Å². The lowest BCUT2D eigenvalue weighted by Gasteiger charge is -2.09. The fourth-order valence-corrected chi connectivity index (χ4v) is 1.58. The molecule has 18 heavy (non-hydrogen) atoms. The molecule has 96 valence electrons. The molecule has 1 heterocycles. The van der Waals surface area contributed by atoms with Crippen molar-refractivity contribution in [3.8, 4) is 5.75 Å². The third kappa shape index (κ3) is 2.87. The van der Waals surface area contributed by atoms with Crippen molar-refractivity contribution in [1.82, 2.24) is 10.1 Å². The van der Waals surface area contributed by atoms with Gasteiger partial charge < -0.3 is 15.0 Å². The number of nitrogens with zero attached hydrogens (tertiary/aromatic N) is 2. The Balaban J connectivity index is 2.09. The number of aromatic nitrogens is 2. The number of benzene rings is 1. The van der Waals surface area contributed by atoms with Crippen LogP contribution in [0.4, 0.5) is 0 Å². The third-order valence-corrected chi connectivity index (χ3v) is 2.53. The molecule has 1 unspecified atom stereocenters. The highest BCUT2D eigenvalue weighted by Crippen LogP contribution is 2.20. The Hall–Kier alpha value is -1.88. The van der Waals surface area contributed by atoms with Gasteiger partial charge >= 0.3 is 0 Å². The highest BCUT2D eigenvalue weighted by atomic mass is 16.5. The summed E-state index contributed by atoms with van der Waals surface area (Å²) in [6.07, 6.45) is 0.989. The zero-order valence-electron chi connectivity index (χ0n) is 10.6. The fraction of sp³-hybridized carbons (Fsp3) is 0.385. The Morgan fingerprint density at radius 2 is 2.06 bits per heavy atom. The molecule has 0 aliphatic rings. The van der Waals surface area contributed by atoms with Gasteiger partial charge in [0.2, 0.25) is 5.89 Å². The van der Waals surface area contributed by atoms with E-state index in [4.69, 9.17) is 15.0 Å². The lowest BCUT2D eigenvalue weighted by Crippen LogP contribution is -2.13. The van der Waals surface area contributed by atoms with E-state index in [0.29, 0.717) is 11.7 Å². The van der Waals surface area contributed by atoms with E-state index in [-0.39, 0.29) is 6.04 Å². The van der Waals surface area contributed by atoms with Gasteiger partial charge in [-0.2, -0.15) is 4.98 Å². The van der Waals surface area contributed by atoms with Crippen molar-refractivity contribution in [3.63, 3.8) is 0 Å². The van der Waals surface area contributed by atoms with Crippen LogP contribution in [0.15, 0.2) is 28.8 Å². The normalized spacial score (nSPS) is 12.4. The third-order valence-electron chi connectivity index (χ3n) is 2.53. The van der Waals surface area contributed by atoms with Crippen molar-refractivity contribution in [2.75, 3.05) is 6.61 Å². The number of hydrogen-bond donors (Lipinski definition) is 1. The number of rotatable bonds is 5. The zero-order valence-corrected chi connectivity index (χ0v) is 10.6. The molecule has 2 aromatic rings. The average molecular weight is 247 g/mol. The summed E-state index contributed by atoms with van der Waals surface area (Å²) in [6.45, 7) is 4.53. The first-order valence-corrected chi connectivity index (χ1v) is 5.99. The van der Waals surface area contributed by atoms with E-state index >= 15 is 0 Å². The number of hydrogen-bond acceptors (Lipinski definition) is 5. The van der Waals surface area contributed by atoms with Crippen molar-refractivity contribution >= 4 is 0 Å². The first kappa shape index (κ1) is 12.6. The summed E-state index contributed by atoms with van der Waals surface area (Å²) in [6, 6.07) is 7.26. The summed E-state index contributed by atoms with van der Waals surface area (Å²) in [5.74, 6) is 1.86. The van der Waals surface area contributed by atoms with E-state index in [1.54, 1.807) is 6.92 Å². The van der Waals surface area contributed by atoms with Gasteiger partial charge in [-0.15, -0.1) is 0 Å². The molecule has 2 rings (SSSR count). The number of aryl methyl sites for hydroxylation is 1. The summed E-state index contributed by atoms with van der Waals surface area (Å²) < 4.78 is 10.4. The fourth-order valence-electron chi connectivity index (χ4n) is 1.58. The van der Waals surface area contributed by atoms with Crippen LogP contribution in [-0.2, 0) is 0 Å².